The number of hydrogen-bond donors (Lipinski definition) is 1. The zero-order valence-electron chi connectivity index (χ0n) is 10.7. The second-order valence-electron chi connectivity index (χ2n) is 4.81. The van der Waals surface area contributed by atoms with Crippen LogP contribution in [0.4, 0.5) is 0 Å². The topological polar surface area (TPSA) is 66.8 Å². The van der Waals surface area contributed by atoms with Gasteiger partial charge in [-0.2, -0.15) is 0 Å². The highest BCUT2D eigenvalue weighted by molar-refractivity contribution is 8.00. The van der Waals surface area contributed by atoms with Gasteiger partial charge in [-0.15, -0.1) is 11.8 Å². The standard InChI is InChI=1S/C12H19NO4S/c1-3-10-13(8(6-18-10)12(15)16)11(14)9-5-4-7(2)17-9/h7-10H,3-6H2,1-2H3,(H,15,16). The maximum Gasteiger partial charge on any atom is 0.327 e. The molecular weight excluding hydrogens is 254 g/mol. The number of amides is 1. The van der Waals surface area contributed by atoms with Gasteiger partial charge in [0.25, 0.3) is 5.91 Å². The lowest BCUT2D eigenvalue weighted by molar-refractivity contribution is -0.154. The molecule has 5 nitrogen and oxygen atoms in total. The fraction of sp³-hybridized carbons (Fsp3) is 0.833. The summed E-state index contributed by atoms with van der Waals surface area (Å²) in [5, 5.41) is 9.16. The summed E-state index contributed by atoms with van der Waals surface area (Å²) < 4.78 is 5.56. The maximum absolute atomic E-state index is 12.4. The fourth-order valence-corrected chi connectivity index (χ4v) is 3.87. The first-order valence-corrected chi connectivity index (χ1v) is 7.41. The molecule has 0 radical (unpaired) electrons. The lowest BCUT2D eigenvalue weighted by Crippen LogP contribution is -2.49. The molecule has 0 aromatic rings. The molecule has 1 N–H and O–H groups in total. The van der Waals surface area contributed by atoms with Gasteiger partial charge in [-0.3, -0.25) is 4.79 Å². The van der Waals surface area contributed by atoms with Crippen LogP contribution in [0.1, 0.15) is 33.1 Å². The van der Waals surface area contributed by atoms with E-state index >= 15 is 0 Å². The molecule has 2 aliphatic heterocycles. The van der Waals surface area contributed by atoms with Crippen LogP contribution in [-0.2, 0) is 14.3 Å². The molecule has 0 aliphatic carbocycles. The summed E-state index contributed by atoms with van der Waals surface area (Å²) in [4.78, 5) is 25.1. The number of thioether (sulfide) groups is 1. The first kappa shape index (κ1) is 13.7. The van der Waals surface area contributed by atoms with E-state index in [2.05, 4.69) is 0 Å². The van der Waals surface area contributed by atoms with Gasteiger partial charge in [-0.1, -0.05) is 6.92 Å². The Bertz CT molecular complexity index is 349. The van der Waals surface area contributed by atoms with Crippen molar-refractivity contribution in [3.63, 3.8) is 0 Å². The monoisotopic (exact) mass is 273 g/mol. The van der Waals surface area contributed by atoms with Gasteiger partial charge in [0.2, 0.25) is 0 Å². The molecule has 2 heterocycles. The quantitative estimate of drug-likeness (QED) is 0.840. The minimum absolute atomic E-state index is 0.0295. The summed E-state index contributed by atoms with van der Waals surface area (Å²) in [6.07, 6.45) is 1.98. The summed E-state index contributed by atoms with van der Waals surface area (Å²) in [7, 11) is 0. The molecule has 1 amide bonds. The highest BCUT2D eigenvalue weighted by atomic mass is 32.2. The molecule has 0 aromatic carbocycles. The molecule has 0 saturated carbocycles. The van der Waals surface area contributed by atoms with Gasteiger partial charge < -0.3 is 14.7 Å². The van der Waals surface area contributed by atoms with Gasteiger partial charge >= 0.3 is 5.97 Å². The van der Waals surface area contributed by atoms with Gasteiger partial charge in [-0.05, 0) is 26.2 Å². The van der Waals surface area contributed by atoms with Crippen molar-refractivity contribution < 1.29 is 19.4 Å². The zero-order chi connectivity index (χ0) is 13.3. The van der Waals surface area contributed by atoms with Crippen LogP contribution < -0.4 is 0 Å². The third-order valence-electron chi connectivity index (χ3n) is 3.49. The highest BCUT2D eigenvalue weighted by Gasteiger charge is 2.44. The van der Waals surface area contributed by atoms with Gasteiger partial charge in [0.05, 0.1) is 11.5 Å². The highest BCUT2D eigenvalue weighted by Crippen LogP contribution is 2.33. The zero-order valence-corrected chi connectivity index (χ0v) is 11.5. The second kappa shape index (κ2) is 5.48. The summed E-state index contributed by atoms with van der Waals surface area (Å²) in [5.41, 5.74) is 0. The first-order valence-electron chi connectivity index (χ1n) is 6.36. The Morgan fingerprint density at radius 2 is 2.17 bits per heavy atom. The van der Waals surface area contributed by atoms with Crippen LogP contribution in [0.5, 0.6) is 0 Å². The number of carboxylic acids is 1. The second-order valence-corrected chi connectivity index (χ2v) is 6.02. The molecule has 102 valence electrons. The molecule has 4 atom stereocenters. The van der Waals surface area contributed by atoms with Crippen molar-refractivity contribution in [1.29, 1.82) is 0 Å². The molecule has 0 bridgehead atoms. The van der Waals surface area contributed by atoms with E-state index in [0.29, 0.717) is 12.2 Å². The van der Waals surface area contributed by atoms with E-state index in [1.807, 2.05) is 13.8 Å². The van der Waals surface area contributed by atoms with Gasteiger partial charge in [0.15, 0.2) is 0 Å². The van der Waals surface area contributed by atoms with Crippen molar-refractivity contribution in [2.24, 2.45) is 0 Å². The van der Waals surface area contributed by atoms with Crippen LogP contribution >= 0.6 is 11.8 Å². The van der Waals surface area contributed by atoms with Gasteiger partial charge in [0, 0.05) is 5.75 Å². The van der Waals surface area contributed by atoms with E-state index in [4.69, 9.17) is 4.74 Å². The summed E-state index contributed by atoms with van der Waals surface area (Å²) in [6, 6.07) is -0.702. The number of carboxylic acid groups (broad SMARTS) is 1. The lowest BCUT2D eigenvalue weighted by atomic mass is 10.1. The lowest BCUT2D eigenvalue weighted by Gasteiger charge is -2.29. The van der Waals surface area contributed by atoms with E-state index in [0.717, 1.165) is 12.8 Å². The normalized spacial score (nSPS) is 36.0. The Hall–Kier alpha value is -0.750. The van der Waals surface area contributed by atoms with Crippen molar-refractivity contribution in [1.82, 2.24) is 4.90 Å². The van der Waals surface area contributed by atoms with Crippen molar-refractivity contribution in [2.75, 3.05) is 5.75 Å². The molecule has 2 rings (SSSR count). The average Bonchev–Trinajstić information content (AvgIpc) is 2.93. The first-order chi connectivity index (χ1) is 8.54. The van der Waals surface area contributed by atoms with Crippen molar-refractivity contribution in [3.8, 4) is 0 Å². The number of rotatable bonds is 3. The van der Waals surface area contributed by atoms with Crippen molar-refractivity contribution in [2.45, 2.75) is 56.7 Å². The fourth-order valence-electron chi connectivity index (χ4n) is 2.51. The van der Waals surface area contributed by atoms with E-state index in [1.165, 1.54) is 4.90 Å². The van der Waals surface area contributed by atoms with E-state index in [-0.39, 0.29) is 17.4 Å². The molecular formula is C12H19NO4S. The Balaban J connectivity index is 2.11. The van der Waals surface area contributed by atoms with E-state index < -0.39 is 18.1 Å². The van der Waals surface area contributed by atoms with E-state index in [1.54, 1.807) is 11.8 Å². The third-order valence-corrected chi connectivity index (χ3v) is 4.94. The molecule has 18 heavy (non-hydrogen) atoms. The molecule has 2 aliphatic rings. The van der Waals surface area contributed by atoms with Crippen LogP contribution in [0.3, 0.4) is 0 Å². The van der Waals surface area contributed by atoms with Crippen LogP contribution in [0.15, 0.2) is 0 Å². The molecule has 0 aromatic heterocycles. The Kier molecular flexibility index (Phi) is 4.17. The van der Waals surface area contributed by atoms with Crippen LogP contribution in [0.2, 0.25) is 0 Å². The van der Waals surface area contributed by atoms with Crippen LogP contribution in [-0.4, -0.2) is 51.3 Å². The number of hydrogen-bond acceptors (Lipinski definition) is 4. The van der Waals surface area contributed by atoms with E-state index in [9.17, 15) is 14.7 Å². The van der Waals surface area contributed by atoms with Gasteiger partial charge in [0.1, 0.15) is 12.1 Å². The molecule has 0 spiro atoms. The van der Waals surface area contributed by atoms with Crippen LogP contribution in [0.25, 0.3) is 0 Å². The van der Waals surface area contributed by atoms with Gasteiger partial charge in [-0.25, -0.2) is 4.79 Å². The summed E-state index contributed by atoms with van der Waals surface area (Å²) in [6.45, 7) is 3.91. The third kappa shape index (κ3) is 2.49. The molecule has 4 unspecified atom stereocenters. The Morgan fingerprint density at radius 3 is 2.67 bits per heavy atom. The Morgan fingerprint density at radius 1 is 1.44 bits per heavy atom. The summed E-state index contributed by atoms with van der Waals surface area (Å²) in [5.74, 6) is -0.594. The average molecular weight is 273 g/mol. The minimum atomic E-state index is -0.919. The maximum atomic E-state index is 12.4. The largest absolute Gasteiger partial charge is 0.480 e. The number of ether oxygens (including phenoxy) is 1. The predicted molar refractivity (Wildman–Crippen MR) is 68.4 cm³/mol. The molecule has 6 heteroatoms. The summed E-state index contributed by atoms with van der Waals surface area (Å²) >= 11 is 1.54. The van der Waals surface area contributed by atoms with Crippen LogP contribution in [0, 0.1) is 0 Å². The predicted octanol–water partition coefficient (Wildman–Crippen LogP) is 1.32. The number of aliphatic carboxylic acids is 1. The Labute approximate surface area is 111 Å². The minimum Gasteiger partial charge on any atom is -0.480 e. The van der Waals surface area contributed by atoms with Crippen molar-refractivity contribution in [3.05, 3.63) is 0 Å². The van der Waals surface area contributed by atoms with Crippen molar-refractivity contribution >= 4 is 23.6 Å². The number of nitrogens with zero attached hydrogens (tertiary/aromatic N) is 1. The SMILES string of the molecule is CCC1SCC(C(=O)O)N1C(=O)C1CCC(C)O1. The number of carbonyl (C=O) groups excluding carboxylic acids is 1. The molecule has 2 fully saturated rings. The smallest absolute Gasteiger partial charge is 0.327 e. The molecule has 2 saturated heterocycles. The number of carbonyl (C=O) groups is 2.